The summed E-state index contributed by atoms with van der Waals surface area (Å²) in [6, 6.07) is 0. The highest BCUT2D eigenvalue weighted by Gasteiger charge is 2.29. The summed E-state index contributed by atoms with van der Waals surface area (Å²) in [5.41, 5.74) is 0. The number of aliphatic hydroxyl groups excluding tert-OH is 1. The van der Waals surface area contributed by atoms with Gasteiger partial charge in [-0.3, -0.25) is 4.79 Å². The maximum atomic E-state index is 12.3. The minimum Gasteiger partial charge on any atom is -0.395 e. The predicted octanol–water partition coefficient (Wildman–Crippen LogP) is -0.877. The van der Waals surface area contributed by atoms with Gasteiger partial charge in [0.05, 0.1) is 12.5 Å². The highest BCUT2D eigenvalue weighted by molar-refractivity contribution is 5.79. The van der Waals surface area contributed by atoms with Crippen LogP contribution in [0.3, 0.4) is 0 Å². The first-order valence-corrected chi connectivity index (χ1v) is 6.64. The third-order valence-corrected chi connectivity index (χ3v) is 3.70. The van der Waals surface area contributed by atoms with E-state index in [1.807, 2.05) is 4.90 Å². The molecule has 0 aromatic carbocycles. The quantitative estimate of drug-likeness (QED) is 0.674. The molecule has 98 valence electrons. The van der Waals surface area contributed by atoms with Gasteiger partial charge in [-0.2, -0.15) is 0 Å². The van der Waals surface area contributed by atoms with Crippen LogP contribution in [-0.4, -0.2) is 73.2 Å². The number of nitrogens with zero attached hydrogens (tertiary/aromatic N) is 2. The second-order valence-corrected chi connectivity index (χ2v) is 4.94. The maximum absolute atomic E-state index is 12.3. The Balaban J connectivity index is 1.85. The van der Waals surface area contributed by atoms with Crippen molar-refractivity contribution in [3.63, 3.8) is 0 Å². The van der Waals surface area contributed by atoms with Crippen LogP contribution >= 0.6 is 0 Å². The summed E-state index contributed by atoms with van der Waals surface area (Å²) in [5, 5.41) is 12.2. The first-order chi connectivity index (χ1) is 8.31. The molecule has 2 aliphatic rings. The van der Waals surface area contributed by atoms with E-state index in [1.54, 1.807) is 0 Å². The molecule has 5 nitrogen and oxygen atoms in total. The van der Waals surface area contributed by atoms with Gasteiger partial charge in [0, 0.05) is 39.3 Å². The lowest BCUT2D eigenvalue weighted by Crippen LogP contribution is -2.51. The SMILES string of the molecule is O=C(C1CCCN(CCO)C1)N1CCNCC1. The topological polar surface area (TPSA) is 55.8 Å². The Morgan fingerprint density at radius 1 is 1.29 bits per heavy atom. The summed E-state index contributed by atoms with van der Waals surface area (Å²) in [5.74, 6) is 0.461. The number of hydrogen-bond donors (Lipinski definition) is 2. The molecule has 0 aromatic heterocycles. The lowest BCUT2D eigenvalue weighted by molar-refractivity contribution is -0.138. The molecule has 0 aromatic rings. The second kappa shape index (κ2) is 6.33. The van der Waals surface area contributed by atoms with Crippen molar-refractivity contribution in [3.05, 3.63) is 0 Å². The summed E-state index contributed by atoms with van der Waals surface area (Å²) in [6.45, 7) is 6.25. The Morgan fingerprint density at radius 2 is 2.06 bits per heavy atom. The number of piperidine rings is 1. The van der Waals surface area contributed by atoms with Crippen molar-refractivity contribution in [2.75, 3.05) is 52.4 Å². The number of amides is 1. The van der Waals surface area contributed by atoms with Gasteiger partial charge < -0.3 is 20.2 Å². The van der Waals surface area contributed by atoms with Crippen molar-refractivity contribution < 1.29 is 9.90 Å². The normalized spacial score (nSPS) is 27.1. The largest absolute Gasteiger partial charge is 0.395 e. The minimum atomic E-state index is 0.147. The average molecular weight is 241 g/mol. The third-order valence-electron chi connectivity index (χ3n) is 3.70. The van der Waals surface area contributed by atoms with Crippen molar-refractivity contribution in [1.82, 2.24) is 15.1 Å². The number of carbonyl (C=O) groups is 1. The average Bonchev–Trinajstić information content (AvgIpc) is 2.40. The lowest BCUT2D eigenvalue weighted by Gasteiger charge is -2.36. The van der Waals surface area contributed by atoms with Crippen LogP contribution in [0.1, 0.15) is 12.8 Å². The molecule has 0 aliphatic carbocycles. The van der Waals surface area contributed by atoms with Crippen LogP contribution in [-0.2, 0) is 4.79 Å². The van der Waals surface area contributed by atoms with Gasteiger partial charge in [-0.1, -0.05) is 0 Å². The number of nitrogens with one attached hydrogen (secondary N) is 1. The van der Waals surface area contributed by atoms with Crippen LogP contribution in [0.15, 0.2) is 0 Å². The maximum Gasteiger partial charge on any atom is 0.227 e. The van der Waals surface area contributed by atoms with Crippen LogP contribution in [0.5, 0.6) is 0 Å². The molecular formula is C12H23N3O2. The van der Waals surface area contributed by atoms with Gasteiger partial charge in [-0.15, -0.1) is 0 Å². The summed E-state index contributed by atoms with van der Waals surface area (Å²) < 4.78 is 0. The van der Waals surface area contributed by atoms with Crippen molar-refractivity contribution in [1.29, 1.82) is 0 Å². The van der Waals surface area contributed by atoms with E-state index in [1.165, 1.54) is 0 Å². The number of piperazine rings is 1. The van der Waals surface area contributed by atoms with E-state index in [0.717, 1.165) is 52.1 Å². The number of aliphatic hydroxyl groups is 1. The first-order valence-electron chi connectivity index (χ1n) is 6.64. The van der Waals surface area contributed by atoms with Crippen molar-refractivity contribution in [3.8, 4) is 0 Å². The zero-order chi connectivity index (χ0) is 12.1. The van der Waals surface area contributed by atoms with Crippen LogP contribution in [0.25, 0.3) is 0 Å². The number of carbonyl (C=O) groups excluding carboxylic acids is 1. The van der Waals surface area contributed by atoms with Gasteiger partial charge in [0.25, 0.3) is 0 Å². The molecule has 2 aliphatic heterocycles. The Bertz CT molecular complexity index is 252. The Kier molecular flexibility index (Phi) is 4.76. The van der Waals surface area contributed by atoms with Gasteiger partial charge >= 0.3 is 0 Å². The van der Waals surface area contributed by atoms with E-state index in [-0.39, 0.29) is 12.5 Å². The Morgan fingerprint density at radius 3 is 2.76 bits per heavy atom. The van der Waals surface area contributed by atoms with Crippen LogP contribution in [0, 0.1) is 5.92 Å². The van der Waals surface area contributed by atoms with Crippen molar-refractivity contribution >= 4 is 5.91 Å². The molecule has 2 rings (SSSR count). The zero-order valence-electron chi connectivity index (χ0n) is 10.4. The summed E-state index contributed by atoms with van der Waals surface area (Å²) in [7, 11) is 0. The van der Waals surface area contributed by atoms with Crippen molar-refractivity contribution in [2.45, 2.75) is 12.8 Å². The van der Waals surface area contributed by atoms with Gasteiger partial charge in [-0.05, 0) is 19.4 Å². The number of rotatable bonds is 3. The van der Waals surface area contributed by atoms with E-state index in [2.05, 4.69) is 10.2 Å². The van der Waals surface area contributed by atoms with Gasteiger partial charge in [-0.25, -0.2) is 0 Å². The molecule has 0 spiro atoms. The molecule has 5 heteroatoms. The molecule has 0 saturated carbocycles. The summed E-state index contributed by atoms with van der Waals surface area (Å²) in [6.07, 6.45) is 2.08. The molecule has 17 heavy (non-hydrogen) atoms. The minimum absolute atomic E-state index is 0.147. The summed E-state index contributed by atoms with van der Waals surface area (Å²) >= 11 is 0. The van der Waals surface area contributed by atoms with Gasteiger partial charge in [0.2, 0.25) is 5.91 Å². The summed E-state index contributed by atoms with van der Waals surface area (Å²) in [4.78, 5) is 16.5. The molecule has 2 N–H and O–H groups in total. The molecule has 2 heterocycles. The van der Waals surface area contributed by atoms with Crippen LogP contribution < -0.4 is 5.32 Å². The first kappa shape index (κ1) is 12.8. The molecule has 0 radical (unpaired) electrons. The molecule has 2 saturated heterocycles. The lowest BCUT2D eigenvalue weighted by atomic mass is 9.96. The van der Waals surface area contributed by atoms with Gasteiger partial charge in [0.15, 0.2) is 0 Å². The standard InChI is InChI=1S/C12H23N3O2/c16-9-8-14-5-1-2-11(10-14)12(17)15-6-3-13-4-7-15/h11,13,16H,1-10H2. The molecule has 1 atom stereocenters. The fourth-order valence-electron chi connectivity index (χ4n) is 2.75. The van der Waals surface area contributed by atoms with Crippen LogP contribution in [0.4, 0.5) is 0 Å². The predicted molar refractivity (Wildman–Crippen MR) is 65.7 cm³/mol. The highest BCUT2D eigenvalue weighted by Crippen LogP contribution is 2.18. The van der Waals surface area contributed by atoms with E-state index in [4.69, 9.17) is 5.11 Å². The van der Waals surface area contributed by atoms with E-state index < -0.39 is 0 Å². The zero-order valence-corrected chi connectivity index (χ0v) is 10.4. The van der Waals surface area contributed by atoms with Crippen LogP contribution in [0.2, 0.25) is 0 Å². The number of likely N-dealkylation sites (tertiary alicyclic amines) is 1. The molecule has 1 unspecified atom stereocenters. The Hall–Kier alpha value is -0.650. The second-order valence-electron chi connectivity index (χ2n) is 4.94. The van der Waals surface area contributed by atoms with E-state index in [0.29, 0.717) is 12.5 Å². The Labute approximate surface area is 103 Å². The van der Waals surface area contributed by atoms with Gasteiger partial charge in [0.1, 0.15) is 0 Å². The number of β-amino-alcohol motifs (C(OH)–C–C–N with tert-alkyl or cyclic N) is 1. The molecular weight excluding hydrogens is 218 g/mol. The highest BCUT2D eigenvalue weighted by atomic mass is 16.3. The number of hydrogen-bond acceptors (Lipinski definition) is 4. The van der Waals surface area contributed by atoms with E-state index >= 15 is 0 Å². The third kappa shape index (κ3) is 3.40. The van der Waals surface area contributed by atoms with Crippen molar-refractivity contribution in [2.24, 2.45) is 5.92 Å². The molecule has 1 amide bonds. The monoisotopic (exact) mass is 241 g/mol. The smallest absolute Gasteiger partial charge is 0.227 e. The molecule has 2 fully saturated rings. The fraction of sp³-hybridized carbons (Fsp3) is 0.917. The fourth-order valence-corrected chi connectivity index (χ4v) is 2.75. The van der Waals surface area contributed by atoms with E-state index in [9.17, 15) is 4.79 Å². The molecule has 0 bridgehead atoms.